The lowest BCUT2D eigenvalue weighted by molar-refractivity contribution is -0.641. The third kappa shape index (κ3) is 2.33. The maximum atomic E-state index is 11.2. The van der Waals surface area contributed by atoms with Crippen molar-refractivity contribution in [3.63, 3.8) is 0 Å². The third-order valence-electron chi connectivity index (χ3n) is 2.15. The van der Waals surface area contributed by atoms with Crippen LogP contribution in [0.15, 0.2) is 24.3 Å². The molecule has 1 heterocycles. The molecule has 2 N–H and O–H groups in total. The molecule has 6 heteroatoms. The van der Waals surface area contributed by atoms with Crippen LogP contribution in [0.4, 0.5) is 5.13 Å². The van der Waals surface area contributed by atoms with Gasteiger partial charge in [0.1, 0.15) is 5.52 Å². The zero-order valence-corrected chi connectivity index (χ0v) is 11.0. The number of nitrogens with zero attached hydrogens (tertiary/aromatic N) is 1. The van der Waals surface area contributed by atoms with Crippen molar-refractivity contribution in [2.75, 3.05) is 12.8 Å². The number of hydrogen-bond acceptors (Lipinski definition) is 4. The van der Waals surface area contributed by atoms with Gasteiger partial charge in [-0.1, -0.05) is 12.1 Å². The molecule has 0 amide bonds. The number of halogens is 1. The molecule has 0 unspecified atom stereocenters. The standard InChI is InChI=1S/C10H10N2O2S.BrH/c1-14-9(13)6-12-7-4-2-3-5-8(7)15-10(12)11;/h2-5,11H,6H2,1H3;1H. The molecule has 2 aromatic rings. The summed E-state index contributed by atoms with van der Waals surface area (Å²) in [5, 5.41) is 0.613. The number of methoxy groups -OCH3 is 1. The van der Waals surface area contributed by atoms with Gasteiger partial charge in [0.2, 0.25) is 0 Å². The molecule has 0 radical (unpaired) electrons. The van der Waals surface area contributed by atoms with Crippen molar-refractivity contribution < 1.29 is 31.1 Å². The van der Waals surface area contributed by atoms with Crippen molar-refractivity contribution in [1.82, 2.24) is 0 Å². The Kier molecular flexibility index (Phi) is 4.26. The molecule has 0 spiro atoms. The number of thiazole rings is 1. The van der Waals surface area contributed by atoms with Crippen LogP contribution >= 0.6 is 11.3 Å². The molecule has 0 aliphatic heterocycles. The molecule has 0 aliphatic carbocycles. The number of esters is 1. The predicted octanol–water partition coefficient (Wildman–Crippen LogP) is -2.05. The van der Waals surface area contributed by atoms with Crippen LogP contribution in [0.25, 0.3) is 10.2 Å². The first kappa shape index (κ1) is 12.9. The molecular formula is C10H11BrN2O2S. The Bertz CT molecular complexity index is 512. The van der Waals surface area contributed by atoms with Crippen molar-refractivity contribution in [2.45, 2.75) is 6.54 Å². The van der Waals surface area contributed by atoms with Crippen LogP contribution in [0.1, 0.15) is 0 Å². The molecule has 16 heavy (non-hydrogen) atoms. The number of aromatic nitrogens is 1. The Morgan fingerprint density at radius 2 is 2.19 bits per heavy atom. The van der Waals surface area contributed by atoms with Gasteiger partial charge in [0.25, 0.3) is 0 Å². The second kappa shape index (κ2) is 5.27. The Labute approximate surface area is 107 Å². The topological polar surface area (TPSA) is 56.2 Å². The predicted molar refractivity (Wildman–Crippen MR) is 58.4 cm³/mol. The van der Waals surface area contributed by atoms with Gasteiger partial charge >= 0.3 is 11.1 Å². The Morgan fingerprint density at radius 3 is 2.88 bits per heavy atom. The quantitative estimate of drug-likeness (QED) is 0.513. The van der Waals surface area contributed by atoms with Crippen LogP contribution < -0.4 is 27.3 Å². The van der Waals surface area contributed by atoms with E-state index in [1.807, 2.05) is 24.3 Å². The molecular weight excluding hydrogens is 292 g/mol. The van der Waals surface area contributed by atoms with Gasteiger partial charge in [-0.15, -0.1) is 0 Å². The molecule has 0 fully saturated rings. The first-order chi connectivity index (χ1) is 7.22. The van der Waals surface area contributed by atoms with Gasteiger partial charge in [0, 0.05) is 0 Å². The summed E-state index contributed by atoms with van der Waals surface area (Å²) in [6.45, 7) is 0.159. The lowest BCUT2D eigenvalue weighted by atomic mass is 10.3. The fourth-order valence-corrected chi connectivity index (χ4v) is 2.34. The highest BCUT2D eigenvalue weighted by Gasteiger charge is 2.17. The third-order valence-corrected chi connectivity index (χ3v) is 3.15. The first-order valence-electron chi connectivity index (χ1n) is 4.46. The van der Waals surface area contributed by atoms with E-state index in [-0.39, 0.29) is 29.5 Å². The van der Waals surface area contributed by atoms with Crippen LogP contribution in [0.3, 0.4) is 0 Å². The van der Waals surface area contributed by atoms with Crippen molar-refractivity contribution in [3.8, 4) is 0 Å². The highest BCUT2D eigenvalue weighted by Crippen LogP contribution is 2.21. The molecule has 0 bridgehead atoms. The molecule has 0 atom stereocenters. The van der Waals surface area contributed by atoms with Gasteiger partial charge < -0.3 is 21.7 Å². The second-order valence-corrected chi connectivity index (χ2v) is 4.13. The lowest BCUT2D eigenvalue weighted by Crippen LogP contribution is -3.00. The average Bonchev–Trinajstić information content (AvgIpc) is 2.55. The number of fused-ring (bicyclic) bond motifs is 1. The molecule has 1 aromatic heterocycles. The van der Waals surface area contributed by atoms with E-state index >= 15 is 0 Å². The van der Waals surface area contributed by atoms with Gasteiger partial charge in [-0.3, -0.25) is 5.73 Å². The average molecular weight is 303 g/mol. The molecule has 1 aromatic carbocycles. The van der Waals surface area contributed by atoms with Crippen LogP contribution in [-0.4, -0.2) is 13.1 Å². The summed E-state index contributed by atoms with van der Waals surface area (Å²) in [7, 11) is 1.37. The normalized spacial score (nSPS) is 9.81. The number of rotatable bonds is 2. The molecule has 0 saturated carbocycles. The van der Waals surface area contributed by atoms with E-state index < -0.39 is 0 Å². The fourth-order valence-electron chi connectivity index (χ4n) is 1.41. The number of para-hydroxylation sites is 1. The van der Waals surface area contributed by atoms with Gasteiger partial charge in [0.05, 0.1) is 11.8 Å². The summed E-state index contributed by atoms with van der Waals surface area (Å²) in [5.74, 6) is -0.296. The van der Waals surface area contributed by atoms with E-state index in [1.54, 1.807) is 4.57 Å². The van der Waals surface area contributed by atoms with Crippen molar-refractivity contribution in [1.29, 1.82) is 0 Å². The minimum atomic E-state index is -0.296. The SMILES string of the molecule is COC(=O)C[n+]1c(N)sc2ccccc21.[Br-]. The molecule has 0 saturated heterocycles. The van der Waals surface area contributed by atoms with E-state index in [0.717, 1.165) is 10.2 Å². The number of carbonyl (C=O) groups excluding carboxylic acids is 1. The lowest BCUT2D eigenvalue weighted by Gasteiger charge is -1.97. The first-order valence-corrected chi connectivity index (χ1v) is 5.27. The number of anilines is 1. The van der Waals surface area contributed by atoms with E-state index in [1.165, 1.54) is 18.4 Å². The number of carbonyl (C=O) groups is 1. The van der Waals surface area contributed by atoms with Gasteiger partial charge in [-0.2, -0.15) is 0 Å². The van der Waals surface area contributed by atoms with Crippen molar-refractivity contribution in [2.24, 2.45) is 0 Å². The number of nitrogen functional groups attached to an aromatic ring is 1. The monoisotopic (exact) mass is 302 g/mol. The summed E-state index contributed by atoms with van der Waals surface area (Å²) in [6.07, 6.45) is 0. The van der Waals surface area contributed by atoms with Crippen LogP contribution in [0.2, 0.25) is 0 Å². The van der Waals surface area contributed by atoms with Crippen LogP contribution in [0.5, 0.6) is 0 Å². The van der Waals surface area contributed by atoms with E-state index in [9.17, 15) is 4.79 Å². The summed E-state index contributed by atoms with van der Waals surface area (Å²) in [4.78, 5) is 11.2. The fraction of sp³-hybridized carbons (Fsp3) is 0.200. The zero-order chi connectivity index (χ0) is 10.8. The van der Waals surface area contributed by atoms with E-state index in [0.29, 0.717) is 5.13 Å². The van der Waals surface area contributed by atoms with Crippen LogP contribution in [-0.2, 0) is 16.1 Å². The maximum absolute atomic E-state index is 11.2. The Morgan fingerprint density at radius 1 is 1.50 bits per heavy atom. The number of ether oxygens (including phenoxy) is 1. The Balaban J connectivity index is 0.00000128. The minimum absolute atomic E-state index is 0. The minimum Gasteiger partial charge on any atom is -1.00 e. The molecule has 0 aliphatic rings. The largest absolute Gasteiger partial charge is 1.00 e. The maximum Gasteiger partial charge on any atom is 0.348 e. The summed E-state index contributed by atoms with van der Waals surface area (Å²) in [5.41, 5.74) is 6.79. The highest BCUT2D eigenvalue weighted by molar-refractivity contribution is 7.21. The van der Waals surface area contributed by atoms with Crippen molar-refractivity contribution in [3.05, 3.63) is 24.3 Å². The number of benzene rings is 1. The summed E-state index contributed by atoms with van der Waals surface area (Å²) >= 11 is 1.46. The highest BCUT2D eigenvalue weighted by atomic mass is 79.9. The van der Waals surface area contributed by atoms with Gasteiger partial charge in [-0.25, -0.2) is 9.36 Å². The van der Waals surface area contributed by atoms with E-state index in [2.05, 4.69) is 4.74 Å². The summed E-state index contributed by atoms with van der Waals surface area (Å²) < 4.78 is 7.44. The van der Waals surface area contributed by atoms with Crippen LogP contribution in [0, 0.1) is 0 Å². The second-order valence-electron chi connectivity index (χ2n) is 3.07. The number of nitrogens with two attached hydrogens (primary N) is 1. The van der Waals surface area contributed by atoms with Gasteiger partial charge in [0.15, 0.2) is 6.54 Å². The van der Waals surface area contributed by atoms with Gasteiger partial charge in [-0.05, 0) is 23.5 Å². The molecule has 2 rings (SSSR count). The summed E-state index contributed by atoms with van der Waals surface area (Å²) in [6, 6.07) is 7.78. The zero-order valence-electron chi connectivity index (χ0n) is 8.64. The van der Waals surface area contributed by atoms with E-state index in [4.69, 9.17) is 5.73 Å². The molecule has 4 nitrogen and oxygen atoms in total. The molecule has 86 valence electrons. The Hall–Kier alpha value is -1.14. The smallest absolute Gasteiger partial charge is 0.348 e. The number of hydrogen-bond donors (Lipinski definition) is 1. The van der Waals surface area contributed by atoms with Crippen molar-refractivity contribution >= 4 is 32.7 Å².